The van der Waals surface area contributed by atoms with Crippen molar-refractivity contribution in [3.63, 3.8) is 0 Å². The topological polar surface area (TPSA) is 59.4 Å². The van der Waals surface area contributed by atoms with Gasteiger partial charge < -0.3 is 4.57 Å². The highest BCUT2D eigenvalue weighted by Gasteiger charge is 2.20. The van der Waals surface area contributed by atoms with Gasteiger partial charge in [-0.2, -0.15) is 10.4 Å². The van der Waals surface area contributed by atoms with E-state index in [1.807, 2.05) is 49.8 Å². The molecule has 0 spiro atoms. The van der Waals surface area contributed by atoms with Gasteiger partial charge in [-0.05, 0) is 48.6 Å². The molecule has 0 N–H and O–H groups in total. The maximum Gasteiger partial charge on any atom is 0.141 e. The van der Waals surface area contributed by atoms with Crippen molar-refractivity contribution in [1.29, 1.82) is 5.26 Å². The predicted molar refractivity (Wildman–Crippen MR) is 132 cm³/mol. The summed E-state index contributed by atoms with van der Waals surface area (Å²) in [4.78, 5) is 4.90. The number of nitrogens with zero attached hydrogens (tertiary/aromatic N) is 5. The van der Waals surface area contributed by atoms with E-state index in [1.54, 1.807) is 10.7 Å². The Hall–Kier alpha value is -3.98. The Balaban J connectivity index is 1.56. The maximum atomic E-state index is 14.7. The molecule has 5 aromatic rings. The van der Waals surface area contributed by atoms with Crippen LogP contribution in [-0.2, 0) is 13.6 Å². The van der Waals surface area contributed by atoms with E-state index in [0.717, 1.165) is 45.2 Å². The van der Waals surface area contributed by atoms with E-state index in [-0.39, 0.29) is 5.56 Å². The van der Waals surface area contributed by atoms with Crippen LogP contribution >= 0.6 is 0 Å². The third kappa shape index (κ3) is 3.45. The number of rotatable bonds is 4. The van der Waals surface area contributed by atoms with Gasteiger partial charge in [0.15, 0.2) is 0 Å². The van der Waals surface area contributed by atoms with E-state index >= 15 is 0 Å². The summed E-state index contributed by atoms with van der Waals surface area (Å²) in [6.07, 6.45) is 11.2. The van der Waals surface area contributed by atoms with E-state index in [9.17, 15) is 9.65 Å². The normalized spacial score (nSPS) is 14.3. The van der Waals surface area contributed by atoms with Crippen molar-refractivity contribution >= 4 is 21.8 Å². The third-order valence-electron chi connectivity index (χ3n) is 7.03. The molecule has 0 amide bonds. The molecule has 0 saturated heterocycles. The quantitative estimate of drug-likeness (QED) is 0.316. The molecule has 0 radical (unpaired) electrons. The number of pyridine rings is 1. The van der Waals surface area contributed by atoms with Gasteiger partial charge >= 0.3 is 0 Å². The molecule has 0 unspecified atom stereocenters. The summed E-state index contributed by atoms with van der Waals surface area (Å²) in [5.74, 6) is 0.172. The second kappa shape index (κ2) is 8.11. The number of hydrogen-bond donors (Lipinski definition) is 0. The summed E-state index contributed by atoms with van der Waals surface area (Å²) < 4.78 is 18.8. The average molecular weight is 450 g/mol. The van der Waals surface area contributed by atoms with Gasteiger partial charge in [0.2, 0.25) is 0 Å². The molecule has 0 bridgehead atoms. The molecule has 6 rings (SSSR count). The average Bonchev–Trinajstić information content (AvgIpc) is 3.58. The van der Waals surface area contributed by atoms with Crippen LogP contribution in [0.25, 0.3) is 44.2 Å². The third-order valence-corrected chi connectivity index (χ3v) is 7.03. The number of aromatic nitrogens is 4. The van der Waals surface area contributed by atoms with Gasteiger partial charge in [-0.25, -0.2) is 4.39 Å². The largest absolute Gasteiger partial charge is 0.346 e. The minimum absolute atomic E-state index is 0.0409. The molecular formula is C28H24FN5. The lowest BCUT2D eigenvalue weighted by Gasteiger charge is -2.15. The Bertz CT molecular complexity index is 1580. The van der Waals surface area contributed by atoms with Crippen LogP contribution in [-0.4, -0.2) is 19.3 Å². The highest BCUT2D eigenvalue weighted by molar-refractivity contribution is 6.02. The van der Waals surface area contributed by atoms with Gasteiger partial charge in [-0.15, -0.1) is 0 Å². The monoisotopic (exact) mass is 449 g/mol. The van der Waals surface area contributed by atoms with Crippen LogP contribution in [0, 0.1) is 23.1 Å². The van der Waals surface area contributed by atoms with Crippen molar-refractivity contribution in [3.05, 3.63) is 72.4 Å². The van der Waals surface area contributed by atoms with Crippen LogP contribution in [0.4, 0.5) is 4.39 Å². The summed E-state index contributed by atoms with van der Waals surface area (Å²) in [5.41, 5.74) is 5.27. The van der Waals surface area contributed by atoms with Gasteiger partial charge in [0.05, 0.1) is 28.5 Å². The molecule has 0 atom stereocenters. The Morgan fingerprint density at radius 2 is 1.91 bits per heavy atom. The first kappa shape index (κ1) is 20.6. The van der Waals surface area contributed by atoms with Crippen molar-refractivity contribution in [3.8, 4) is 28.5 Å². The zero-order valence-electron chi connectivity index (χ0n) is 19.0. The highest BCUT2D eigenvalue weighted by Crippen LogP contribution is 2.39. The van der Waals surface area contributed by atoms with Crippen LogP contribution in [0.2, 0.25) is 0 Å². The standard InChI is InChI=1S/C28H24FN5/c1-33-17-22-9-7-20(13-25(22)32-33)28-27(19-6-8-21(14-30)24(29)12-19)23-10-11-34(26(23)15-31-28)16-18-4-2-3-5-18/h6-13,15,17-18H,2-5,16H2,1H3. The Morgan fingerprint density at radius 1 is 1.09 bits per heavy atom. The second-order valence-electron chi connectivity index (χ2n) is 9.28. The number of benzene rings is 2. The van der Waals surface area contributed by atoms with E-state index in [4.69, 9.17) is 4.98 Å². The molecule has 1 saturated carbocycles. The predicted octanol–water partition coefficient (Wildman–Crippen LogP) is 6.46. The maximum absolute atomic E-state index is 14.7. The van der Waals surface area contributed by atoms with Crippen molar-refractivity contribution in [2.75, 3.05) is 0 Å². The Labute approximate surface area is 197 Å². The SMILES string of the molecule is Cn1cc2ccc(-c3ncc4c(ccn4CC4CCCC4)c3-c3ccc(C#N)c(F)c3)cc2n1. The summed E-state index contributed by atoms with van der Waals surface area (Å²) >= 11 is 0. The van der Waals surface area contributed by atoms with Crippen LogP contribution in [0.15, 0.2) is 61.1 Å². The minimum atomic E-state index is -0.520. The van der Waals surface area contributed by atoms with Gasteiger partial charge in [-0.1, -0.05) is 31.0 Å². The fourth-order valence-corrected chi connectivity index (χ4v) is 5.35. The molecular weight excluding hydrogens is 425 g/mol. The number of hydrogen-bond acceptors (Lipinski definition) is 3. The summed E-state index contributed by atoms with van der Waals surface area (Å²) in [6, 6.07) is 15.0. The highest BCUT2D eigenvalue weighted by atomic mass is 19.1. The lowest BCUT2D eigenvalue weighted by Crippen LogP contribution is -2.06. The number of halogens is 1. The fraction of sp³-hybridized carbons (Fsp3) is 0.250. The van der Waals surface area contributed by atoms with Crippen molar-refractivity contribution < 1.29 is 4.39 Å². The fourth-order valence-electron chi connectivity index (χ4n) is 5.35. The van der Waals surface area contributed by atoms with Gasteiger partial charge in [-0.3, -0.25) is 9.67 Å². The molecule has 1 fully saturated rings. The molecule has 168 valence electrons. The summed E-state index contributed by atoms with van der Waals surface area (Å²) in [6.45, 7) is 0.978. The smallest absolute Gasteiger partial charge is 0.141 e. The lowest BCUT2D eigenvalue weighted by atomic mass is 9.95. The van der Waals surface area contributed by atoms with Crippen molar-refractivity contribution in [1.82, 2.24) is 19.3 Å². The number of nitriles is 1. The van der Waals surface area contributed by atoms with Crippen LogP contribution in [0.3, 0.4) is 0 Å². The van der Waals surface area contributed by atoms with E-state index in [2.05, 4.69) is 21.9 Å². The first-order valence-corrected chi connectivity index (χ1v) is 11.7. The van der Waals surface area contributed by atoms with E-state index < -0.39 is 5.82 Å². The first-order valence-electron chi connectivity index (χ1n) is 11.7. The van der Waals surface area contributed by atoms with Gasteiger partial charge in [0.25, 0.3) is 0 Å². The molecule has 3 aromatic heterocycles. The molecule has 5 nitrogen and oxygen atoms in total. The molecule has 1 aliphatic carbocycles. The summed E-state index contributed by atoms with van der Waals surface area (Å²) in [5, 5.41) is 15.9. The van der Waals surface area contributed by atoms with Crippen molar-refractivity contribution in [2.45, 2.75) is 32.2 Å². The summed E-state index contributed by atoms with van der Waals surface area (Å²) in [7, 11) is 1.90. The van der Waals surface area contributed by atoms with Crippen LogP contribution in [0.1, 0.15) is 31.2 Å². The van der Waals surface area contributed by atoms with Crippen LogP contribution < -0.4 is 0 Å². The molecule has 0 aliphatic heterocycles. The molecule has 2 aromatic carbocycles. The van der Waals surface area contributed by atoms with Gasteiger partial charge in [0.1, 0.15) is 11.9 Å². The minimum Gasteiger partial charge on any atom is -0.346 e. The lowest BCUT2D eigenvalue weighted by molar-refractivity contribution is 0.466. The van der Waals surface area contributed by atoms with E-state index in [0.29, 0.717) is 11.5 Å². The molecule has 34 heavy (non-hydrogen) atoms. The molecule has 1 aliphatic rings. The second-order valence-corrected chi connectivity index (χ2v) is 9.28. The van der Waals surface area contributed by atoms with Crippen molar-refractivity contribution in [2.24, 2.45) is 13.0 Å². The Morgan fingerprint density at radius 3 is 2.71 bits per heavy atom. The van der Waals surface area contributed by atoms with Gasteiger partial charge in [0, 0.05) is 47.9 Å². The zero-order chi connectivity index (χ0) is 23.2. The molecule has 3 heterocycles. The molecule has 6 heteroatoms. The first-order chi connectivity index (χ1) is 16.6. The van der Waals surface area contributed by atoms with Crippen LogP contribution in [0.5, 0.6) is 0 Å². The zero-order valence-corrected chi connectivity index (χ0v) is 19.0. The Kier molecular flexibility index (Phi) is 4.91. The number of aryl methyl sites for hydroxylation is 1. The van der Waals surface area contributed by atoms with E-state index in [1.165, 1.54) is 31.7 Å². The number of fused-ring (bicyclic) bond motifs is 2.